The molecule has 2 amide bonds. The molecule has 0 bridgehead atoms. The molecule has 0 atom stereocenters. The summed E-state index contributed by atoms with van der Waals surface area (Å²) in [6.45, 7) is 0. The van der Waals surface area contributed by atoms with Gasteiger partial charge in [0.25, 0.3) is 0 Å². The van der Waals surface area contributed by atoms with Crippen molar-refractivity contribution in [2.75, 3.05) is 17.7 Å². The standard InChI is InChI=1S/C11H12N4O2/c1-15(11(13)16)8-4-2-7(3-5-8)9-6-14-17-10(9)12/h2-6H,12H2,1H3,(H2,13,16). The van der Waals surface area contributed by atoms with Crippen molar-refractivity contribution in [1.29, 1.82) is 0 Å². The van der Waals surface area contributed by atoms with Gasteiger partial charge in [0, 0.05) is 12.7 Å². The maximum absolute atomic E-state index is 11.0. The zero-order valence-corrected chi connectivity index (χ0v) is 9.25. The summed E-state index contributed by atoms with van der Waals surface area (Å²) in [7, 11) is 1.60. The molecule has 0 saturated carbocycles. The lowest BCUT2D eigenvalue weighted by Crippen LogP contribution is -2.31. The number of benzene rings is 1. The molecule has 0 saturated heterocycles. The molecular weight excluding hydrogens is 220 g/mol. The van der Waals surface area contributed by atoms with E-state index in [0.29, 0.717) is 5.69 Å². The van der Waals surface area contributed by atoms with Crippen LogP contribution in [0.2, 0.25) is 0 Å². The van der Waals surface area contributed by atoms with Gasteiger partial charge in [-0.25, -0.2) is 4.79 Å². The van der Waals surface area contributed by atoms with Gasteiger partial charge in [0.2, 0.25) is 5.88 Å². The normalized spacial score (nSPS) is 10.2. The Hall–Kier alpha value is -2.50. The maximum atomic E-state index is 11.0. The fourth-order valence-corrected chi connectivity index (χ4v) is 1.46. The third-order valence-corrected chi connectivity index (χ3v) is 2.49. The number of hydrogen-bond acceptors (Lipinski definition) is 4. The molecule has 0 radical (unpaired) electrons. The lowest BCUT2D eigenvalue weighted by molar-refractivity contribution is 0.255. The van der Waals surface area contributed by atoms with Crippen molar-refractivity contribution in [2.24, 2.45) is 5.73 Å². The molecule has 1 aromatic carbocycles. The van der Waals surface area contributed by atoms with Crippen LogP contribution in [0.5, 0.6) is 0 Å². The minimum Gasteiger partial charge on any atom is -0.367 e. The summed E-state index contributed by atoms with van der Waals surface area (Å²) in [5.74, 6) is 0.265. The first-order chi connectivity index (χ1) is 8.09. The Kier molecular flexibility index (Phi) is 2.70. The van der Waals surface area contributed by atoms with Crippen molar-refractivity contribution in [1.82, 2.24) is 5.16 Å². The lowest BCUT2D eigenvalue weighted by Gasteiger charge is -2.14. The number of anilines is 2. The quantitative estimate of drug-likeness (QED) is 0.818. The van der Waals surface area contributed by atoms with E-state index in [9.17, 15) is 4.79 Å². The maximum Gasteiger partial charge on any atom is 0.318 e. The summed E-state index contributed by atoms with van der Waals surface area (Å²) in [5.41, 5.74) is 13.1. The van der Waals surface area contributed by atoms with Crippen LogP contribution in [0.3, 0.4) is 0 Å². The summed E-state index contributed by atoms with van der Waals surface area (Å²) in [5, 5.41) is 3.60. The van der Waals surface area contributed by atoms with Crippen molar-refractivity contribution in [3.63, 3.8) is 0 Å². The summed E-state index contributed by atoms with van der Waals surface area (Å²) in [6, 6.07) is 6.66. The molecule has 0 fully saturated rings. The highest BCUT2D eigenvalue weighted by molar-refractivity contribution is 5.90. The van der Waals surface area contributed by atoms with Crippen molar-refractivity contribution in [2.45, 2.75) is 0 Å². The number of aromatic nitrogens is 1. The largest absolute Gasteiger partial charge is 0.367 e. The van der Waals surface area contributed by atoms with Crippen LogP contribution in [-0.2, 0) is 0 Å². The van der Waals surface area contributed by atoms with Gasteiger partial charge < -0.3 is 16.0 Å². The number of carbonyl (C=O) groups is 1. The van der Waals surface area contributed by atoms with E-state index in [-0.39, 0.29) is 5.88 Å². The zero-order chi connectivity index (χ0) is 12.4. The van der Waals surface area contributed by atoms with Crippen LogP contribution in [0.1, 0.15) is 0 Å². The van der Waals surface area contributed by atoms with Gasteiger partial charge in [-0.3, -0.25) is 4.90 Å². The average molecular weight is 232 g/mol. The Morgan fingerprint density at radius 1 is 1.35 bits per heavy atom. The third kappa shape index (κ3) is 2.05. The summed E-state index contributed by atoms with van der Waals surface area (Å²) in [4.78, 5) is 12.3. The van der Waals surface area contributed by atoms with E-state index in [1.807, 2.05) is 12.1 Å². The summed E-state index contributed by atoms with van der Waals surface area (Å²) >= 11 is 0. The molecule has 1 heterocycles. The van der Waals surface area contributed by atoms with Crippen LogP contribution in [0.4, 0.5) is 16.4 Å². The highest BCUT2D eigenvalue weighted by atomic mass is 16.5. The van der Waals surface area contributed by atoms with Crippen LogP contribution < -0.4 is 16.4 Å². The SMILES string of the molecule is CN(C(N)=O)c1ccc(-c2cnoc2N)cc1. The van der Waals surface area contributed by atoms with E-state index < -0.39 is 6.03 Å². The molecule has 0 aliphatic rings. The molecule has 6 nitrogen and oxygen atoms in total. The van der Waals surface area contributed by atoms with E-state index in [1.165, 1.54) is 4.90 Å². The Labute approximate surface area is 97.8 Å². The Balaban J connectivity index is 2.31. The fraction of sp³-hybridized carbons (Fsp3) is 0.0909. The van der Waals surface area contributed by atoms with Crippen LogP contribution in [0.15, 0.2) is 35.0 Å². The zero-order valence-electron chi connectivity index (χ0n) is 9.25. The second kappa shape index (κ2) is 4.17. The van der Waals surface area contributed by atoms with Crippen LogP contribution in [0, 0.1) is 0 Å². The number of hydrogen-bond donors (Lipinski definition) is 2. The predicted molar refractivity (Wildman–Crippen MR) is 64.3 cm³/mol. The first-order valence-electron chi connectivity index (χ1n) is 4.93. The Morgan fingerprint density at radius 3 is 2.47 bits per heavy atom. The van der Waals surface area contributed by atoms with Gasteiger partial charge in [0.15, 0.2) is 0 Å². The van der Waals surface area contributed by atoms with Crippen LogP contribution in [-0.4, -0.2) is 18.2 Å². The number of nitrogens with zero attached hydrogens (tertiary/aromatic N) is 2. The first kappa shape index (κ1) is 11.0. The average Bonchev–Trinajstić information content (AvgIpc) is 2.74. The van der Waals surface area contributed by atoms with Crippen molar-refractivity contribution < 1.29 is 9.32 Å². The van der Waals surface area contributed by atoms with E-state index >= 15 is 0 Å². The molecule has 1 aromatic heterocycles. The van der Waals surface area contributed by atoms with E-state index in [2.05, 4.69) is 5.16 Å². The topological polar surface area (TPSA) is 98.4 Å². The van der Waals surface area contributed by atoms with Gasteiger partial charge in [-0.15, -0.1) is 0 Å². The van der Waals surface area contributed by atoms with Crippen molar-refractivity contribution in [3.8, 4) is 11.1 Å². The second-order valence-electron chi connectivity index (χ2n) is 3.55. The van der Waals surface area contributed by atoms with Gasteiger partial charge in [-0.05, 0) is 17.7 Å². The number of carbonyl (C=O) groups excluding carboxylic acids is 1. The number of urea groups is 1. The van der Waals surface area contributed by atoms with Gasteiger partial charge in [0.05, 0.1) is 11.8 Å². The highest BCUT2D eigenvalue weighted by Gasteiger charge is 2.09. The minimum absolute atomic E-state index is 0.265. The van der Waals surface area contributed by atoms with Crippen LogP contribution in [0.25, 0.3) is 11.1 Å². The Bertz CT molecular complexity index is 533. The molecular formula is C11H12N4O2. The third-order valence-electron chi connectivity index (χ3n) is 2.49. The number of primary amides is 1. The molecule has 2 aromatic rings. The number of rotatable bonds is 2. The molecule has 6 heteroatoms. The van der Waals surface area contributed by atoms with E-state index in [1.54, 1.807) is 25.4 Å². The molecule has 0 aliphatic carbocycles. The van der Waals surface area contributed by atoms with Crippen LogP contribution >= 0.6 is 0 Å². The first-order valence-corrected chi connectivity index (χ1v) is 4.93. The molecule has 0 aliphatic heterocycles. The van der Waals surface area contributed by atoms with Gasteiger partial charge >= 0.3 is 6.03 Å². The lowest BCUT2D eigenvalue weighted by atomic mass is 10.1. The monoisotopic (exact) mass is 232 g/mol. The van der Waals surface area contributed by atoms with Crippen molar-refractivity contribution >= 4 is 17.6 Å². The van der Waals surface area contributed by atoms with Crippen molar-refractivity contribution in [3.05, 3.63) is 30.5 Å². The van der Waals surface area contributed by atoms with E-state index in [0.717, 1.165) is 11.1 Å². The van der Waals surface area contributed by atoms with E-state index in [4.69, 9.17) is 16.0 Å². The molecule has 4 N–H and O–H groups in total. The molecule has 0 unspecified atom stereocenters. The number of amides is 2. The van der Waals surface area contributed by atoms with Gasteiger partial charge in [-0.1, -0.05) is 17.3 Å². The molecule has 0 spiro atoms. The number of nitrogen functional groups attached to an aromatic ring is 1. The number of nitrogens with two attached hydrogens (primary N) is 2. The highest BCUT2D eigenvalue weighted by Crippen LogP contribution is 2.27. The molecule has 88 valence electrons. The van der Waals surface area contributed by atoms with Gasteiger partial charge in [0.1, 0.15) is 0 Å². The smallest absolute Gasteiger partial charge is 0.318 e. The van der Waals surface area contributed by atoms with Gasteiger partial charge in [-0.2, -0.15) is 0 Å². The molecule has 17 heavy (non-hydrogen) atoms. The second-order valence-corrected chi connectivity index (χ2v) is 3.55. The predicted octanol–water partition coefficient (Wildman–Crippen LogP) is 1.44. The Morgan fingerprint density at radius 2 is 2.00 bits per heavy atom. The summed E-state index contributed by atoms with van der Waals surface area (Å²) < 4.78 is 4.78. The molecule has 2 rings (SSSR count). The minimum atomic E-state index is -0.512. The summed E-state index contributed by atoms with van der Waals surface area (Å²) in [6.07, 6.45) is 1.54. The fourth-order valence-electron chi connectivity index (χ4n) is 1.46.